The molecule has 0 unspecified atom stereocenters. The summed E-state index contributed by atoms with van der Waals surface area (Å²) in [5.41, 5.74) is 4.20. The molecule has 20 heavy (non-hydrogen) atoms. The standard InChI is InChI=1S/C11H9F3N2O4/c12-6-1-5(2-7(13)10(6)14)11(20)16(3-8(15)17)4-9(18)19/h1-2H,3-4H2,(H2,15,17)(H,18,19). The van der Waals surface area contributed by atoms with Crippen molar-refractivity contribution in [3.8, 4) is 0 Å². The van der Waals surface area contributed by atoms with Gasteiger partial charge >= 0.3 is 5.97 Å². The number of carboxylic acid groups (broad SMARTS) is 1. The van der Waals surface area contributed by atoms with Crippen LogP contribution in [-0.2, 0) is 9.59 Å². The predicted molar refractivity (Wildman–Crippen MR) is 59.0 cm³/mol. The van der Waals surface area contributed by atoms with Crippen molar-refractivity contribution in [1.82, 2.24) is 4.90 Å². The van der Waals surface area contributed by atoms with Crippen LogP contribution in [-0.4, -0.2) is 40.9 Å². The van der Waals surface area contributed by atoms with Gasteiger partial charge in [-0.15, -0.1) is 0 Å². The molecule has 0 saturated heterocycles. The first-order valence-corrected chi connectivity index (χ1v) is 5.16. The summed E-state index contributed by atoms with van der Waals surface area (Å²) in [7, 11) is 0. The molecule has 1 aromatic carbocycles. The van der Waals surface area contributed by atoms with E-state index in [9.17, 15) is 27.6 Å². The van der Waals surface area contributed by atoms with Crippen LogP contribution in [0.3, 0.4) is 0 Å². The van der Waals surface area contributed by atoms with Crippen molar-refractivity contribution >= 4 is 17.8 Å². The molecular weight excluding hydrogens is 281 g/mol. The maximum absolute atomic E-state index is 13.0. The SMILES string of the molecule is NC(=O)CN(CC(=O)O)C(=O)c1cc(F)c(F)c(F)c1. The van der Waals surface area contributed by atoms with Crippen molar-refractivity contribution in [2.75, 3.05) is 13.1 Å². The fraction of sp³-hybridized carbons (Fsp3) is 0.182. The van der Waals surface area contributed by atoms with Crippen molar-refractivity contribution in [3.05, 3.63) is 35.1 Å². The highest BCUT2D eigenvalue weighted by atomic mass is 19.2. The number of nitrogens with zero attached hydrogens (tertiary/aromatic N) is 1. The molecule has 0 saturated carbocycles. The van der Waals surface area contributed by atoms with Gasteiger partial charge in [0.1, 0.15) is 13.1 Å². The van der Waals surface area contributed by atoms with E-state index >= 15 is 0 Å². The van der Waals surface area contributed by atoms with Crippen LogP contribution in [0.15, 0.2) is 12.1 Å². The quantitative estimate of drug-likeness (QED) is 0.752. The summed E-state index contributed by atoms with van der Waals surface area (Å²) >= 11 is 0. The fourth-order valence-corrected chi connectivity index (χ4v) is 1.41. The van der Waals surface area contributed by atoms with E-state index in [0.717, 1.165) is 0 Å². The Labute approximate surface area is 110 Å². The van der Waals surface area contributed by atoms with E-state index in [-0.39, 0.29) is 0 Å². The van der Waals surface area contributed by atoms with Gasteiger partial charge in [-0.05, 0) is 12.1 Å². The maximum Gasteiger partial charge on any atom is 0.323 e. The second kappa shape index (κ2) is 6.04. The van der Waals surface area contributed by atoms with Crippen molar-refractivity contribution in [3.63, 3.8) is 0 Å². The summed E-state index contributed by atoms with van der Waals surface area (Å²) in [6.45, 7) is -1.66. The molecule has 0 aliphatic rings. The molecule has 0 aliphatic heterocycles. The molecule has 0 spiro atoms. The van der Waals surface area contributed by atoms with E-state index in [4.69, 9.17) is 10.8 Å². The third kappa shape index (κ3) is 3.70. The molecule has 1 aromatic rings. The average molecular weight is 290 g/mol. The van der Waals surface area contributed by atoms with E-state index in [1.165, 1.54) is 0 Å². The Hall–Kier alpha value is -2.58. The van der Waals surface area contributed by atoms with Crippen molar-refractivity contribution in [1.29, 1.82) is 0 Å². The number of rotatable bonds is 5. The molecule has 0 bridgehead atoms. The number of halogens is 3. The normalized spacial score (nSPS) is 10.2. The summed E-state index contributed by atoms with van der Waals surface area (Å²) in [4.78, 5) is 33.6. The van der Waals surface area contributed by atoms with Crippen LogP contribution in [0.25, 0.3) is 0 Å². The molecule has 1 rings (SSSR count). The first-order valence-electron chi connectivity index (χ1n) is 5.16. The van der Waals surface area contributed by atoms with Gasteiger partial charge in [-0.3, -0.25) is 14.4 Å². The number of nitrogens with two attached hydrogens (primary N) is 1. The van der Waals surface area contributed by atoms with Gasteiger partial charge in [0.2, 0.25) is 5.91 Å². The monoisotopic (exact) mass is 290 g/mol. The van der Waals surface area contributed by atoms with Crippen molar-refractivity contribution < 1.29 is 32.7 Å². The number of hydrogen-bond donors (Lipinski definition) is 2. The number of aliphatic carboxylic acids is 1. The number of hydrogen-bond acceptors (Lipinski definition) is 3. The minimum absolute atomic E-state index is 0.399. The zero-order valence-electron chi connectivity index (χ0n) is 9.90. The van der Waals surface area contributed by atoms with Crippen LogP contribution >= 0.6 is 0 Å². The van der Waals surface area contributed by atoms with E-state index in [0.29, 0.717) is 17.0 Å². The van der Waals surface area contributed by atoms with Crippen LogP contribution in [0, 0.1) is 17.5 Å². The highest BCUT2D eigenvalue weighted by molar-refractivity contribution is 5.97. The molecule has 3 N–H and O–H groups in total. The zero-order valence-corrected chi connectivity index (χ0v) is 9.90. The summed E-state index contributed by atoms with van der Waals surface area (Å²) in [5, 5.41) is 8.59. The first-order chi connectivity index (χ1) is 9.22. The summed E-state index contributed by atoms with van der Waals surface area (Å²) in [5.74, 6) is -8.61. The minimum Gasteiger partial charge on any atom is -0.480 e. The van der Waals surface area contributed by atoms with Crippen LogP contribution < -0.4 is 5.73 Å². The fourth-order valence-electron chi connectivity index (χ4n) is 1.41. The number of carbonyl (C=O) groups is 3. The highest BCUT2D eigenvalue weighted by Gasteiger charge is 2.23. The van der Waals surface area contributed by atoms with Crippen LogP contribution in [0.5, 0.6) is 0 Å². The molecule has 108 valence electrons. The Balaban J connectivity index is 3.11. The summed E-state index contributed by atoms with van der Waals surface area (Å²) in [6, 6.07) is 0.799. The highest BCUT2D eigenvalue weighted by Crippen LogP contribution is 2.15. The lowest BCUT2D eigenvalue weighted by Crippen LogP contribution is -2.41. The van der Waals surface area contributed by atoms with Crippen LogP contribution in [0.4, 0.5) is 13.2 Å². The Morgan fingerprint density at radius 2 is 1.60 bits per heavy atom. The zero-order chi connectivity index (χ0) is 15.4. The largest absolute Gasteiger partial charge is 0.480 e. The number of carboxylic acids is 1. The third-order valence-corrected chi connectivity index (χ3v) is 2.19. The molecule has 0 atom stereocenters. The first kappa shape index (κ1) is 15.5. The molecule has 0 radical (unpaired) electrons. The molecule has 6 nitrogen and oxygen atoms in total. The summed E-state index contributed by atoms with van der Waals surface area (Å²) < 4.78 is 38.7. The van der Waals surface area contributed by atoms with Crippen molar-refractivity contribution in [2.45, 2.75) is 0 Å². The molecule has 0 heterocycles. The number of primary amides is 1. The third-order valence-electron chi connectivity index (χ3n) is 2.19. The minimum atomic E-state index is -1.76. The Morgan fingerprint density at radius 3 is 2.00 bits per heavy atom. The molecular formula is C11H9F3N2O4. The summed E-state index contributed by atoms with van der Waals surface area (Å²) in [6.07, 6.45) is 0. The Bertz CT molecular complexity index is 538. The van der Waals surface area contributed by atoms with Gasteiger partial charge in [-0.1, -0.05) is 0 Å². The second-order valence-electron chi connectivity index (χ2n) is 3.78. The number of amides is 2. The predicted octanol–water partition coefficient (Wildman–Crippen LogP) is 0.116. The van der Waals surface area contributed by atoms with Gasteiger partial charge < -0.3 is 15.7 Å². The lowest BCUT2D eigenvalue weighted by Gasteiger charge is -2.19. The molecule has 2 amide bonds. The molecule has 9 heteroatoms. The smallest absolute Gasteiger partial charge is 0.323 e. The van der Waals surface area contributed by atoms with Gasteiger partial charge in [0.05, 0.1) is 0 Å². The van der Waals surface area contributed by atoms with Gasteiger partial charge in [0.15, 0.2) is 17.5 Å². The number of benzene rings is 1. The van der Waals surface area contributed by atoms with Crippen LogP contribution in [0.2, 0.25) is 0 Å². The topological polar surface area (TPSA) is 101 Å². The molecule has 0 aliphatic carbocycles. The lowest BCUT2D eigenvalue weighted by molar-refractivity contribution is -0.138. The van der Waals surface area contributed by atoms with E-state index in [2.05, 4.69) is 0 Å². The van der Waals surface area contributed by atoms with Gasteiger partial charge in [0, 0.05) is 5.56 Å². The van der Waals surface area contributed by atoms with E-state index in [1.54, 1.807) is 0 Å². The lowest BCUT2D eigenvalue weighted by atomic mass is 10.1. The van der Waals surface area contributed by atoms with Crippen molar-refractivity contribution in [2.24, 2.45) is 5.73 Å². The Morgan fingerprint density at radius 1 is 1.10 bits per heavy atom. The molecule has 0 fully saturated rings. The van der Waals surface area contributed by atoms with Gasteiger partial charge in [0.25, 0.3) is 5.91 Å². The van der Waals surface area contributed by atoms with Gasteiger partial charge in [-0.25, -0.2) is 13.2 Å². The second-order valence-corrected chi connectivity index (χ2v) is 3.78. The van der Waals surface area contributed by atoms with Crippen LogP contribution in [0.1, 0.15) is 10.4 Å². The maximum atomic E-state index is 13.0. The number of carbonyl (C=O) groups excluding carboxylic acids is 2. The van der Waals surface area contributed by atoms with E-state index < -0.39 is 53.9 Å². The average Bonchev–Trinajstić information content (AvgIpc) is 2.32. The van der Waals surface area contributed by atoms with Gasteiger partial charge in [-0.2, -0.15) is 0 Å². The van der Waals surface area contributed by atoms with E-state index in [1.807, 2.05) is 0 Å². The Kier molecular flexibility index (Phi) is 4.68. The molecule has 0 aromatic heterocycles.